The van der Waals surface area contributed by atoms with Gasteiger partial charge in [0.05, 0.1) is 6.54 Å². The van der Waals surface area contributed by atoms with Crippen LogP contribution < -0.4 is 10.2 Å². The van der Waals surface area contributed by atoms with Crippen molar-refractivity contribution in [1.82, 2.24) is 19.9 Å². The number of hydrogen-bond donors (Lipinski definition) is 1. The van der Waals surface area contributed by atoms with Gasteiger partial charge in [-0.25, -0.2) is 9.97 Å². The van der Waals surface area contributed by atoms with Gasteiger partial charge < -0.3 is 14.8 Å². The number of imidazole rings is 1. The van der Waals surface area contributed by atoms with Gasteiger partial charge in [-0.3, -0.25) is 0 Å². The highest BCUT2D eigenvalue weighted by molar-refractivity contribution is 5.40. The molecule has 1 N–H and O–H groups in total. The lowest BCUT2D eigenvalue weighted by Crippen LogP contribution is -2.20. The molecule has 0 aliphatic heterocycles. The van der Waals surface area contributed by atoms with Crippen LogP contribution in [0.25, 0.3) is 0 Å². The first-order valence-corrected chi connectivity index (χ1v) is 5.97. The van der Waals surface area contributed by atoms with Crippen molar-refractivity contribution in [3.05, 3.63) is 42.1 Å². The fourth-order valence-electron chi connectivity index (χ4n) is 1.83. The molecule has 0 amide bonds. The first kappa shape index (κ1) is 12.6. The van der Waals surface area contributed by atoms with Gasteiger partial charge >= 0.3 is 0 Å². The number of hydrogen-bond acceptors (Lipinski definition) is 4. The minimum atomic E-state index is 0.750. The molecule has 0 bridgehead atoms. The summed E-state index contributed by atoms with van der Waals surface area (Å²) in [6.07, 6.45) is 5.61. The maximum atomic E-state index is 4.39. The number of nitrogens with one attached hydrogen (secondary N) is 1. The predicted octanol–water partition coefficient (Wildman–Crippen LogP) is 1.17. The van der Waals surface area contributed by atoms with E-state index >= 15 is 0 Å². The van der Waals surface area contributed by atoms with E-state index in [1.54, 1.807) is 0 Å². The number of anilines is 1. The molecule has 18 heavy (non-hydrogen) atoms. The number of aromatic nitrogens is 3. The molecule has 2 heterocycles. The lowest BCUT2D eigenvalue weighted by atomic mass is 10.2. The van der Waals surface area contributed by atoms with Crippen molar-refractivity contribution < 1.29 is 0 Å². The molecule has 2 rings (SSSR count). The molecule has 0 saturated heterocycles. The maximum absolute atomic E-state index is 4.39. The van der Waals surface area contributed by atoms with Crippen LogP contribution in [0, 0.1) is 0 Å². The first-order valence-electron chi connectivity index (χ1n) is 5.97. The molecule has 0 aliphatic carbocycles. The molecule has 0 fully saturated rings. The molecule has 0 unspecified atom stereocenters. The second-order valence-electron chi connectivity index (χ2n) is 4.36. The Morgan fingerprint density at radius 1 is 1.33 bits per heavy atom. The van der Waals surface area contributed by atoms with E-state index in [0.717, 1.165) is 24.7 Å². The fraction of sp³-hybridized carbons (Fsp3) is 0.385. The Morgan fingerprint density at radius 2 is 2.17 bits per heavy atom. The average molecular weight is 245 g/mol. The normalized spacial score (nSPS) is 10.6. The van der Waals surface area contributed by atoms with Crippen LogP contribution in [0.2, 0.25) is 0 Å². The van der Waals surface area contributed by atoms with Crippen LogP contribution in [0.15, 0.2) is 30.7 Å². The van der Waals surface area contributed by atoms with Crippen LogP contribution in [0.3, 0.4) is 0 Å². The van der Waals surface area contributed by atoms with Crippen molar-refractivity contribution in [2.24, 2.45) is 7.05 Å². The summed E-state index contributed by atoms with van der Waals surface area (Å²) in [6, 6.07) is 4.12. The predicted molar refractivity (Wildman–Crippen MR) is 72.3 cm³/mol. The number of aryl methyl sites for hydroxylation is 1. The molecular formula is C13H19N5. The Morgan fingerprint density at radius 3 is 2.83 bits per heavy atom. The van der Waals surface area contributed by atoms with E-state index < -0.39 is 0 Å². The van der Waals surface area contributed by atoms with E-state index in [-0.39, 0.29) is 0 Å². The van der Waals surface area contributed by atoms with Gasteiger partial charge in [0, 0.05) is 39.2 Å². The highest BCUT2D eigenvalue weighted by atomic mass is 15.2. The van der Waals surface area contributed by atoms with Crippen LogP contribution in [0.4, 0.5) is 5.82 Å². The molecule has 0 radical (unpaired) electrons. The lowest BCUT2D eigenvalue weighted by Gasteiger charge is -2.18. The summed E-state index contributed by atoms with van der Waals surface area (Å²) in [5.74, 6) is 1.99. The second-order valence-corrected chi connectivity index (χ2v) is 4.36. The van der Waals surface area contributed by atoms with Gasteiger partial charge in [-0.15, -0.1) is 0 Å². The zero-order valence-electron chi connectivity index (χ0n) is 11.1. The Labute approximate surface area is 107 Å². The average Bonchev–Trinajstić information content (AvgIpc) is 2.76. The summed E-state index contributed by atoms with van der Waals surface area (Å²) >= 11 is 0. The van der Waals surface area contributed by atoms with Crippen LogP contribution in [-0.2, 0) is 20.1 Å². The second kappa shape index (κ2) is 5.64. The molecule has 5 heteroatoms. The molecule has 2 aromatic heterocycles. The number of pyridine rings is 1. The van der Waals surface area contributed by atoms with E-state index in [0.29, 0.717) is 0 Å². The van der Waals surface area contributed by atoms with Crippen molar-refractivity contribution >= 4 is 5.82 Å². The van der Waals surface area contributed by atoms with Crippen LogP contribution in [-0.4, -0.2) is 28.6 Å². The standard InChI is InChI=1S/C13H19N5/c1-14-9-11-4-5-15-12(8-11)18(3)10-13-16-6-7-17(13)2/h4-8,14H,9-10H2,1-3H3. The molecule has 2 aromatic rings. The van der Waals surface area contributed by atoms with Gasteiger partial charge in [-0.2, -0.15) is 0 Å². The Kier molecular flexibility index (Phi) is 3.94. The molecule has 96 valence electrons. The molecule has 0 aliphatic rings. The fourth-order valence-corrected chi connectivity index (χ4v) is 1.83. The summed E-state index contributed by atoms with van der Waals surface area (Å²) in [5.41, 5.74) is 1.23. The third-order valence-electron chi connectivity index (χ3n) is 2.88. The first-order chi connectivity index (χ1) is 8.70. The van der Waals surface area contributed by atoms with Crippen molar-refractivity contribution in [3.63, 3.8) is 0 Å². The minimum Gasteiger partial charge on any atom is -0.352 e. The third-order valence-corrected chi connectivity index (χ3v) is 2.88. The van der Waals surface area contributed by atoms with Crippen molar-refractivity contribution in [1.29, 1.82) is 0 Å². The van der Waals surface area contributed by atoms with Crippen LogP contribution in [0.1, 0.15) is 11.4 Å². The van der Waals surface area contributed by atoms with E-state index in [2.05, 4.69) is 26.3 Å². The highest BCUT2D eigenvalue weighted by Crippen LogP contribution is 2.13. The molecular weight excluding hydrogens is 226 g/mol. The summed E-state index contributed by atoms with van der Waals surface area (Å²) in [7, 11) is 5.97. The van der Waals surface area contributed by atoms with Crippen LogP contribution in [0.5, 0.6) is 0 Å². The smallest absolute Gasteiger partial charge is 0.128 e. The van der Waals surface area contributed by atoms with Gasteiger partial charge in [0.1, 0.15) is 11.6 Å². The van der Waals surface area contributed by atoms with Gasteiger partial charge in [-0.05, 0) is 24.7 Å². The highest BCUT2D eigenvalue weighted by Gasteiger charge is 2.07. The minimum absolute atomic E-state index is 0.750. The Hall–Kier alpha value is -1.88. The number of nitrogens with zero attached hydrogens (tertiary/aromatic N) is 4. The van der Waals surface area contributed by atoms with Crippen LogP contribution >= 0.6 is 0 Å². The zero-order valence-corrected chi connectivity index (χ0v) is 11.1. The largest absolute Gasteiger partial charge is 0.352 e. The third kappa shape index (κ3) is 2.87. The van der Waals surface area contributed by atoms with E-state index in [4.69, 9.17) is 0 Å². The summed E-state index contributed by atoms with van der Waals surface area (Å²) in [5, 5.41) is 3.14. The van der Waals surface area contributed by atoms with Crippen molar-refractivity contribution in [2.75, 3.05) is 19.0 Å². The quantitative estimate of drug-likeness (QED) is 0.859. The summed E-state index contributed by atoms with van der Waals surface area (Å²) in [4.78, 5) is 10.8. The Bertz CT molecular complexity index is 506. The lowest BCUT2D eigenvalue weighted by molar-refractivity contribution is 0.753. The van der Waals surface area contributed by atoms with Gasteiger partial charge in [0.15, 0.2) is 0 Å². The van der Waals surface area contributed by atoms with Crippen molar-refractivity contribution in [2.45, 2.75) is 13.1 Å². The van der Waals surface area contributed by atoms with E-state index in [1.807, 2.05) is 50.4 Å². The maximum Gasteiger partial charge on any atom is 0.128 e. The van der Waals surface area contributed by atoms with Gasteiger partial charge in [-0.1, -0.05) is 0 Å². The molecule has 0 aromatic carbocycles. The van der Waals surface area contributed by atoms with Gasteiger partial charge in [0.25, 0.3) is 0 Å². The monoisotopic (exact) mass is 245 g/mol. The zero-order chi connectivity index (χ0) is 13.0. The van der Waals surface area contributed by atoms with E-state index in [1.165, 1.54) is 5.56 Å². The summed E-state index contributed by atoms with van der Waals surface area (Å²) in [6.45, 7) is 1.60. The molecule has 0 atom stereocenters. The summed E-state index contributed by atoms with van der Waals surface area (Å²) < 4.78 is 2.02. The topological polar surface area (TPSA) is 46.0 Å². The molecule has 0 saturated carbocycles. The molecule has 0 spiro atoms. The van der Waals surface area contributed by atoms with E-state index in [9.17, 15) is 0 Å². The SMILES string of the molecule is CNCc1ccnc(N(C)Cc2nccn2C)c1. The van der Waals surface area contributed by atoms with Crippen molar-refractivity contribution in [3.8, 4) is 0 Å². The van der Waals surface area contributed by atoms with Gasteiger partial charge in [0.2, 0.25) is 0 Å². The molecule has 5 nitrogen and oxygen atoms in total. The Balaban J connectivity index is 2.11. The number of rotatable bonds is 5.